The largest absolute Gasteiger partial charge is 0.481 e. The number of carbonyl (C=O) groups excluding carboxylic acids is 1. The Bertz CT molecular complexity index is 1120. The molecule has 2 aliphatic carbocycles. The van der Waals surface area contributed by atoms with Crippen LogP contribution in [0.15, 0.2) is 9.05 Å². The van der Waals surface area contributed by atoms with Crippen molar-refractivity contribution >= 4 is 11.9 Å². The van der Waals surface area contributed by atoms with Crippen LogP contribution >= 0.6 is 0 Å². The van der Waals surface area contributed by atoms with E-state index < -0.39 is 11.9 Å². The van der Waals surface area contributed by atoms with Crippen LogP contribution in [0.1, 0.15) is 190 Å². The molecule has 45 heavy (non-hydrogen) atoms. The molecular formula is C34H57N5O6. The highest BCUT2D eigenvalue weighted by Crippen LogP contribution is 2.33. The highest BCUT2D eigenvalue weighted by molar-refractivity contribution is 5.75. The summed E-state index contributed by atoms with van der Waals surface area (Å²) < 4.78 is 10.7. The molecule has 1 amide bonds. The van der Waals surface area contributed by atoms with Gasteiger partial charge in [-0.1, -0.05) is 128 Å². The SMILES string of the molecule is CC(C)c1noc([C@H](CCCC2CCCCC2)CC(=O)NO)n1.CC(C)c1noc([C@H](CCCC2CCCCC2)CC(=O)O)n1. The molecule has 0 unspecified atom stereocenters. The van der Waals surface area contributed by atoms with E-state index in [2.05, 4.69) is 20.3 Å². The molecule has 2 aromatic rings. The van der Waals surface area contributed by atoms with Crippen molar-refractivity contribution in [3.05, 3.63) is 23.4 Å². The number of carboxylic acid groups (broad SMARTS) is 1. The first-order chi connectivity index (χ1) is 21.7. The summed E-state index contributed by atoms with van der Waals surface area (Å²) in [6.07, 6.45) is 19.9. The van der Waals surface area contributed by atoms with E-state index in [-0.39, 0.29) is 36.5 Å². The summed E-state index contributed by atoms with van der Waals surface area (Å²) >= 11 is 0. The number of hydrogen-bond acceptors (Lipinski definition) is 9. The molecule has 0 aliphatic heterocycles. The number of rotatable bonds is 16. The van der Waals surface area contributed by atoms with Gasteiger partial charge in [0.2, 0.25) is 17.7 Å². The molecule has 254 valence electrons. The summed E-state index contributed by atoms with van der Waals surface area (Å²) in [5.74, 6) is 2.91. The Labute approximate surface area is 268 Å². The molecule has 2 saturated carbocycles. The molecule has 0 aromatic carbocycles. The zero-order chi connectivity index (χ0) is 32.6. The van der Waals surface area contributed by atoms with Gasteiger partial charge in [0.05, 0.1) is 6.42 Å². The van der Waals surface area contributed by atoms with Crippen LogP contribution in [0.2, 0.25) is 0 Å². The standard InChI is InChI=1S/C17H29N3O3.C17H28N2O3/c1-12(2)16-18-17(23-20-16)14(11-15(21)19-22)10-6-9-13-7-4-3-5-8-13;1-12(2)16-18-17(22-19-16)14(11-15(20)21)10-6-9-13-7-4-3-5-8-13/h12-14,22H,3-11H2,1-2H3,(H,19,21);12-14H,3-11H2,1-2H3,(H,20,21)/t2*14-/m11/s1. The van der Waals surface area contributed by atoms with Crippen molar-refractivity contribution in [2.24, 2.45) is 11.8 Å². The molecule has 0 saturated heterocycles. The lowest BCUT2D eigenvalue weighted by Crippen LogP contribution is -2.21. The Morgan fingerprint density at radius 3 is 1.51 bits per heavy atom. The number of carbonyl (C=O) groups is 2. The first-order valence-electron chi connectivity index (χ1n) is 17.5. The van der Waals surface area contributed by atoms with Gasteiger partial charge < -0.3 is 14.2 Å². The maximum atomic E-state index is 11.6. The number of aliphatic carboxylic acids is 1. The second kappa shape index (κ2) is 19.6. The van der Waals surface area contributed by atoms with E-state index in [0.29, 0.717) is 23.4 Å². The normalized spacial score (nSPS) is 17.6. The maximum absolute atomic E-state index is 11.6. The van der Waals surface area contributed by atoms with Crippen molar-refractivity contribution in [1.29, 1.82) is 0 Å². The highest BCUT2D eigenvalue weighted by Gasteiger charge is 2.25. The number of nitrogens with zero attached hydrogens (tertiary/aromatic N) is 4. The van der Waals surface area contributed by atoms with Gasteiger partial charge >= 0.3 is 5.97 Å². The van der Waals surface area contributed by atoms with Gasteiger partial charge in [0, 0.05) is 30.1 Å². The van der Waals surface area contributed by atoms with E-state index >= 15 is 0 Å². The second-order valence-corrected chi connectivity index (χ2v) is 13.9. The van der Waals surface area contributed by atoms with Crippen molar-refractivity contribution < 1.29 is 28.9 Å². The van der Waals surface area contributed by atoms with E-state index in [0.717, 1.165) is 37.5 Å². The number of hydroxylamine groups is 1. The fourth-order valence-corrected chi connectivity index (χ4v) is 6.66. The van der Waals surface area contributed by atoms with E-state index in [1.165, 1.54) is 77.0 Å². The molecule has 3 N–H and O–H groups in total. The molecule has 0 spiro atoms. The molecule has 2 atom stereocenters. The number of amides is 1. The van der Waals surface area contributed by atoms with E-state index in [1.807, 2.05) is 27.7 Å². The summed E-state index contributed by atoms with van der Waals surface area (Å²) in [5.41, 5.74) is 1.71. The average molecular weight is 632 g/mol. The van der Waals surface area contributed by atoms with Gasteiger partial charge in [-0.3, -0.25) is 14.8 Å². The monoisotopic (exact) mass is 631 g/mol. The topological polar surface area (TPSA) is 164 Å². The zero-order valence-corrected chi connectivity index (χ0v) is 28.0. The van der Waals surface area contributed by atoms with E-state index in [1.54, 1.807) is 5.48 Å². The third-order valence-corrected chi connectivity index (χ3v) is 9.40. The maximum Gasteiger partial charge on any atom is 0.304 e. The van der Waals surface area contributed by atoms with Crippen molar-refractivity contribution in [3.63, 3.8) is 0 Å². The Balaban J connectivity index is 0.000000246. The molecular weight excluding hydrogens is 574 g/mol. The van der Waals surface area contributed by atoms with Gasteiger partial charge in [-0.15, -0.1) is 0 Å². The minimum Gasteiger partial charge on any atom is -0.481 e. The fraction of sp³-hybridized carbons (Fsp3) is 0.824. The Morgan fingerprint density at radius 2 is 1.16 bits per heavy atom. The van der Waals surface area contributed by atoms with Crippen molar-refractivity contribution in [2.45, 2.75) is 167 Å². The second-order valence-electron chi connectivity index (χ2n) is 13.9. The van der Waals surface area contributed by atoms with Crippen molar-refractivity contribution in [3.8, 4) is 0 Å². The Kier molecular flexibility index (Phi) is 16.0. The molecule has 2 heterocycles. The number of aromatic nitrogens is 4. The quantitative estimate of drug-likeness (QED) is 0.121. The van der Waals surface area contributed by atoms with Crippen LogP contribution in [0, 0.1) is 11.8 Å². The smallest absolute Gasteiger partial charge is 0.304 e. The Morgan fingerprint density at radius 1 is 0.733 bits per heavy atom. The third-order valence-electron chi connectivity index (χ3n) is 9.40. The van der Waals surface area contributed by atoms with Crippen molar-refractivity contribution in [1.82, 2.24) is 25.8 Å². The molecule has 0 radical (unpaired) electrons. The van der Waals surface area contributed by atoms with Crippen LogP contribution in [-0.4, -0.2) is 42.5 Å². The minimum atomic E-state index is -0.799. The molecule has 2 aromatic heterocycles. The molecule has 11 heteroatoms. The van der Waals surface area contributed by atoms with Gasteiger partial charge in [-0.2, -0.15) is 9.97 Å². The summed E-state index contributed by atoms with van der Waals surface area (Å²) in [5, 5.41) is 25.9. The molecule has 2 fully saturated rings. The third kappa shape index (κ3) is 13.2. The molecule has 2 aliphatic rings. The van der Waals surface area contributed by atoms with Crippen LogP contribution < -0.4 is 5.48 Å². The van der Waals surface area contributed by atoms with E-state index in [9.17, 15) is 9.59 Å². The van der Waals surface area contributed by atoms with Crippen LogP contribution in [0.3, 0.4) is 0 Å². The van der Waals surface area contributed by atoms with Crippen LogP contribution in [0.4, 0.5) is 0 Å². The first kappa shape index (κ1) is 36.6. The van der Waals surface area contributed by atoms with Gasteiger partial charge in [-0.25, -0.2) is 5.48 Å². The Hall–Kier alpha value is -2.82. The molecule has 4 rings (SSSR count). The minimum absolute atomic E-state index is 0.0738. The van der Waals surface area contributed by atoms with Crippen molar-refractivity contribution in [2.75, 3.05) is 0 Å². The van der Waals surface area contributed by atoms with Gasteiger partial charge in [0.15, 0.2) is 11.6 Å². The lowest BCUT2D eigenvalue weighted by atomic mass is 9.84. The lowest BCUT2D eigenvalue weighted by Gasteiger charge is -2.22. The number of nitrogens with one attached hydrogen (secondary N) is 1. The predicted octanol–water partition coefficient (Wildman–Crippen LogP) is 8.42. The van der Waals surface area contributed by atoms with Crippen LogP contribution in [-0.2, 0) is 9.59 Å². The summed E-state index contributed by atoms with van der Waals surface area (Å²) in [6, 6.07) is 0. The number of carboxylic acids is 1. The van der Waals surface area contributed by atoms with Gasteiger partial charge in [0.25, 0.3) is 0 Å². The first-order valence-corrected chi connectivity index (χ1v) is 17.5. The van der Waals surface area contributed by atoms with Crippen LogP contribution in [0.25, 0.3) is 0 Å². The molecule has 0 bridgehead atoms. The van der Waals surface area contributed by atoms with Crippen LogP contribution in [0.5, 0.6) is 0 Å². The highest BCUT2D eigenvalue weighted by atomic mass is 16.5. The fourth-order valence-electron chi connectivity index (χ4n) is 6.66. The van der Waals surface area contributed by atoms with Gasteiger partial charge in [0.1, 0.15) is 0 Å². The van der Waals surface area contributed by atoms with E-state index in [4.69, 9.17) is 19.4 Å². The summed E-state index contributed by atoms with van der Waals surface area (Å²) in [4.78, 5) is 31.5. The van der Waals surface area contributed by atoms with Gasteiger partial charge in [-0.05, 0) is 24.7 Å². The number of hydrogen-bond donors (Lipinski definition) is 3. The average Bonchev–Trinajstić information content (AvgIpc) is 3.73. The summed E-state index contributed by atoms with van der Waals surface area (Å²) in [6.45, 7) is 8.02. The zero-order valence-electron chi connectivity index (χ0n) is 28.0. The molecule has 11 nitrogen and oxygen atoms in total. The lowest BCUT2D eigenvalue weighted by molar-refractivity contribution is -0.137. The predicted molar refractivity (Wildman–Crippen MR) is 170 cm³/mol. The summed E-state index contributed by atoms with van der Waals surface area (Å²) in [7, 11) is 0.